The Morgan fingerprint density at radius 1 is 1.40 bits per heavy atom. The molecular weight excluding hydrogens is 433 g/mol. The van der Waals surface area contributed by atoms with Crippen LogP contribution in [0.5, 0.6) is 0 Å². The highest BCUT2D eigenvalue weighted by Crippen LogP contribution is 2.28. The summed E-state index contributed by atoms with van der Waals surface area (Å²) < 4.78 is 2.43. The Balaban J connectivity index is 2.00. The molecule has 0 fully saturated rings. The predicted octanol–water partition coefficient (Wildman–Crippen LogP) is 3.54. The van der Waals surface area contributed by atoms with Gasteiger partial charge < -0.3 is 10.8 Å². The Bertz CT molecular complexity index is 928. The zero-order chi connectivity index (χ0) is 18.1. The number of aromatic carboxylic acids is 1. The van der Waals surface area contributed by atoms with E-state index < -0.39 is 5.97 Å². The number of aromatic nitrogens is 2. The second kappa shape index (κ2) is 6.83. The number of hydrogen-bond acceptors (Lipinski definition) is 4. The zero-order valence-electron chi connectivity index (χ0n) is 13.4. The number of nitrogens with two attached hydrogens (primary N) is 1. The molecular formula is C18H16IN3O3. The van der Waals surface area contributed by atoms with Crippen molar-refractivity contribution in [3.63, 3.8) is 0 Å². The monoisotopic (exact) mass is 449 g/mol. The Morgan fingerprint density at radius 2 is 2.16 bits per heavy atom. The molecule has 128 valence electrons. The summed E-state index contributed by atoms with van der Waals surface area (Å²) in [5.74, 6) is -1.16. The number of hydrogen-bond donors (Lipinski definition) is 2. The van der Waals surface area contributed by atoms with Gasteiger partial charge in [0.2, 0.25) is 0 Å². The Morgan fingerprint density at radius 3 is 2.84 bits per heavy atom. The number of nitrogens with zero attached hydrogens (tertiary/aromatic N) is 2. The zero-order valence-corrected chi connectivity index (χ0v) is 15.6. The van der Waals surface area contributed by atoms with Crippen LogP contribution in [0, 0.1) is 12.8 Å². The van der Waals surface area contributed by atoms with E-state index in [-0.39, 0.29) is 23.1 Å². The molecule has 1 aliphatic rings. The third-order valence-corrected chi connectivity index (χ3v) is 4.84. The van der Waals surface area contributed by atoms with Crippen LogP contribution in [-0.4, -0.2) is 26.6 Å². The van der Waals surface area contributed by atoms with Gasteiger partial charge in [-0.05, 0) is 53.6 Å². The van der Waals surface area contributed by atoms with E-state index in [0.29, 0.717) is 17.7 Å². The van der Waals surface area contributed by atoms with E-state index in [1.807, 2.05) is 25.2 Å². The summed E-state index contributed by atoms with van der Waals surface area (Å²) >= 11 is 2.18. The summed E-state index contributed by atoms with van der Waals surface area (Å²) in [4.78, 5) is 24.0. The summed E-state index contributed by atoms with van der Waals surface area (Å²) in [5.41, 5.74) is 8.01. The van der Waals surface area contributed by atoms with Gasteiger partial charge in [-0.1, -0.05) is 24.3 Å². The molecule has 1 aliphatic carbocycles. The number of nitrogen functional groups attached to an aromatic ring is 1. The first-order chi connectivity index (χ1) is 11.9. The molecule has 7 heteroatoms. The molecule has 1 aromatic heterocycles. The average molecular weight is 449 g/mol. The Kier molecular flexibility index (Phi) is 4.76. The van der Waals surface area contributed by atoms with Crippen molar-refractivity contribution in [2.75, 3.05) is 5.73 Å². The van der Waals surface area contributed by atoms with Crippen LogP contribution < -0.4 is 5.73 Å². The van der Waals surface area contributed by atoms with Crippen LogP contribution in [0.3, 0.4) is 0 Å². The highest BCUT2D eigenvalue weighted by atomic mass is 127. The molecule has 0 saturated heterocycles. The standard InChI is InChI=1S/C18H16IN3O3/c1-10-5-6-12(18(24)25)8-15(10)22-17(20)14(9-21-22)16(23)11-3-2-4-13(19)7-11/h2,4-9,11H,3,20H2,1H3,(H,24,25). The van der Waals surface area contributed by atoms with E-state index >= 15 is 0 Å². The van der Waals surface area contributed by atoms with Crippen LogP contribution in [0.2, 0.25) is 0 Å². The molecule has 1 heterocycles. The smallest absolute Gasteiger partial charge is 0.335 e. The van der Waals surface area contributed by atoms with Gasteiger partial charge in [0, 0.05) is 9.50 Å². The number of allylic oxidation sites excluding steroid dienone is 4. The van der Waals surface area contributed by atoms with E-state index in [1.165, 1.54) is 23.0 Å². The molecule has 1 aromatic carbocycles. The summed E-state index contributed by atoms with van der Waals surface area (Å²) in [6.07, 6.45) is 7.92. The lowest BCUT2D eigenvalue weighted by molar-refractivity contribution is 0.0696. The van der Waals surface area contributed by atoms with Crippen LogP contribution in [0.4, 0.5) is 5.82 Å². The lowest BCUT2D eigenvalue weighted by Crippen LogP contribution is -2.15. The molecule has 1 unspecified atom stereocenters. The number of carboxylic acid groups (broad SMARTS) is 1. The number of carbonyl (C=O) groups excluding carboxylic acids is 1. The lowest BCUT2D eigenvalue weighted by atomic mass is 9.93. The number of benzene rings is 1. The fourth-order valence-electron chi connectivity index (χ4n) is 2.74. The number of rotatable bonds is 4. The van der Waals surface area contributed by atoms with Crippen LogP contribution in [-0.2, 0) is 0 Å². The van der Waals surface area contributed by atoms with E-state index in [4.69, 9.17) is 5.73 Å². The molecule has 0 spiro atoms. The Labute approximate surface area is 158 Å². The van der Waals surface area contributed by atoms with E-state index in [1.54, 1.807) is 6.07 Å². The molecule has 6 nitrogen and oxygen atoms in total. The van der Waals surface area contributed by atoms with Crippen molar-refractivity contribution < 1.29 is 14.7 Å². The first kappa shape index (κ1) is 17.4. The number of halogens is 1. The van der Waals surface area contributed by atoms with Gasteiger partial charge in [-0.3, -0.25) is 4.79 Å². The maximum absolute atomic E-state index is 12.8. The largest absolute Gasteiger partial charge is 0.478 e. The molecule has 0 aliphatic heterocycles. The van der Waals surface area contributed by atoms with Crippen LogP contribution in [0.15, 0.2) is 46.2 Å². The van der Waals surface area contributed by atoms with E-state index in [9.17, 15) is 14.7 Å². The molecule has 1 atom stereocenters. The van der Waals surface area contributed by atoms with Gasteiger partial charge in [0.1, 0.15) is 5.82 Å². The minimum absolute atomic E-state index is 0.0886. The number of ketones is 1. The first-order valence-corrected chi connectivity index (χ1v) is 8.72. The number of Topliss-reactive ketones (excluding diaryl/α,β-unsaturated/α-hetero) is 1. The second-order valence-corrected chi connectivity index (χ2v) is 7.07. The average Bonchev–Trinajstić information content (AvgIpc) is 2.96. The summed E-state index contributed by atoms with van der Waals surface area (Å²) in [5, 5.41) is 13.4. The van der Waals surface area contributed by atoms with Crippen molar-refractivity contribution in [3.05, 3.63) is 62.9 Å². The fraction of sp³-hybridized carbons (Fsp3) is 0.167. The van der Waals surface area contributed by atoms with Gasteiger partial charge in [-0.25, -0.2) is 9.48 Å². The highest BCUT2D eigenvalue weighted by Gasteiger charge is 2.24. The minimum Gasteiger partial charge on any atom is -0.478 e. The third kappa shape index (κ3) is 3.37. The summed E-state index contributed by atoms with van der Waals surface area (Å²) in [6.45, 7) is 1.83. The summed E-state index contributed by atoms with van der Waals surface area (Å²) in [7, 11) is 0. The van der Waals surface area contributed by atoms with Gasteiger partial charge in [0.15, 0.2) is 5.78 Å². The Hall–Kier alpha value is -2.42. The quantitative estimate of drug-likeness (QED) is 0.550. The van der Waals surface area contributed by atoms with Crippen molar-refractivity contribution in [2.45, 2.75) is 13.3 Å². The lowest BCUT2D eigenvalue weighted by Gasteiger charge is -2.13. The van der Waals surface area contributed by atoms with Crippen molar-refractivity contribution in [3.8, 4) is 5.69 Å². The number of carboxylic acids is 1. The van der Waals surface area contributed by atoms with Gasteiger partial charge in [0.05, 0.1) is 23.0 Å². The van der Waals surface area contributed by atoms with Gasteiger partial charge in [0.25, 0.3) is 0 Å². The molecule has 0 radical (unpaired) electrons. The van der Waals surface area contributed by atoms with Gasteiger partial charge >= 0.3 is 5.97 Å². The van der Waals surface area contributed by atoms with Crippen LogP contribution >= 0.6 is 22.6 Å². The van der Waals surface area contributed by atoms with E-state index in [2.05, 4.69) is 27.7 Å². The molecule has 3 rings (SSSR count). The third-order valence-electron chi connectivity index (χ3n) is 4.12. The fourth-order valence-corrected chi connectivity index (χ4v) is 3.42. The van der Waals surface area contributed by atoms with Crippen LogP contribution in [0.25, 0.3) is 5.69 Å². The predicted molar refractivity (Wildman–Crippen MR) is 103 cm³/mol. The molecule has 25 heavy (non-hydrogen) atoms. The molecule has 3 N–H and O–H groups in total. The molecule has 2 aromatic rings. The number of anilines is 1. The SMILES string of the molecule is Cc1ccc(C(=O)O)cc1-n1ncc(C(=O)C2C=C(I)C=CC2)c1N. The normalized spacial score (nSPS) is 16.6. The van der Waals surface area contributed by atoms with Crippen molar-refractivity contribution in [1.82, 2.24) is 9.78 Å². The summed E-state index contributed by atoms with van der Waals surface area (Å²) in [6, 6.07) is 4.72. The van der Waals surface area contributed by atoms with Gasteiger partial charge in [-0.2, -0.15) is 5.10 Å². The van der Waals surface area contributed by atoms with Crippen LogP contribution in [0.1, 0.15) is 32.7 Å². The first-order valence-electron chi connectivity index (χ1n) is 7.64. The topological polar surface area (TPSA) is 98.2 Å². The van der Waals surface area contributed by atoms with Crippen molar-refractivity contribution in [2.24, 2.45) is 5.92 Å². The molecule has 0 saturated carbocycles. The maximum atomic E-state index is 12.8. The van der Waals surface area contributed by atoms with E-state index in [0.717, 1.165) is 9.14 Å². The number of aryl methyl sites for hydroxylation is 1. The maximum Gasteiger partial charge on any atom is 0.335 e. The van der Waals surface area contributed by atoms with Crippen molar-refractivity contribution in [1.29, 1.82) is 0 Å². The second-order valence-electron chi connectivity index (χ2n) is 5.82. The number of carbonyl (C=O) groups is 2. The van der Waals surface area contributed by atoms with Gasteiger partial charge in [-0.15, -0.1) is 0 Å². The highest BCUT2D eigenvalue weighted by molar-refractivity contribution is 14.1. The molecule has 0 amide bonds. The molecule has 0 bridgehead atoms. The minimum atomic E-state index is -1.03. The van der Waals surface area contributed by atoms with Crippen molar-refractivity contribution >= 4 is 40.2 Å².